The number of nitrogens with one attached hydrogen (secondary N) is 2. The highest BCUT2D eigenvalue weighted by molar-refractivity contribution is 5.79. The van der Waals surface area contributed by atoms with E-state index in [-0.39, 0.29) is 5.54 Å². The van der Waals surface area contributed by atoms with Crippen molar-refractivity contribution in [3.8, 4) is 0 Å². The number of benzene rings is 1. The van der Waals surface area contributed by atoms with Crippen molar-refractivity contribution in [2.24, 2.45) is 4.99 Å². The third kappa shape index (κ3) is 8.70. The second kappa shape index (κ2) is 12.8. The van der Waals surface area contributed by atoms with Gasteiger partial charge in [-0.15, -0.1) is 0 Å². The van der Waals surface area contributed by atoms with Crippen LogP contribution in [0.3, 0.4) is 0 Å². The minimum Gasteiger partial charge on any atom is -0.379 e. The minimum absolute atomic E-state index is 0.0418. The zero-order chi connectivity index (χ0) is 21.0. The Morgan fingerprint density at radius 3 is 2.59 bits per heavy atom. The van der Waals surface area contributed by atoms with Crippen molar-refractivity contribution >= 4 is 5.96 Å². The van der Waals surface area contributed by atoms with Gasteiger partial charge < -0.3 is 24.8 Å². The molecule has 164 valence electrons. The third-order valence-electron chi connectivity index (χ3n) is 5.08. The van der Waals surface area contributed by atoms with Gasteiger partial charge in [0.05, 0.1) is 33.0 Å². The molecule has 0 spiro atoms. The van der Waals surface area contributed by atoms with Crippen LogP contribution < -0.4 is 10.6 Å². The van der Waals surface area contributed by atoms with Crippen LogP contribution in [0.5, 0.6) is 0 Å². The zero-order valence-electron chi connectivity index (χ0n) is 18.5. The number of hydrogen-bond acceptors (Lipinski definition) is 5. The Bertz CT molecular complexity index is 616. The van der Waals surface area contributed by atoms with Crippen LogP contribution in [-0.4, -0.2) is 76.1 Å². The predicted molar refractivity (Wildman–Crippen MR) is 117 cm³/mol. The Morgan fingerprint density at radius 1 is 1.14 bits per heavy atom. The summed E-state index contributed by atoms with van der Waals surface area (Å²) in [5.41, 5.74) is 2.41. The lowest BCUT2D eigenvalue weighted by Gasteiger charge is -2.41. The molecule has 1 aliphatic heterocycles. The molecular weight excluding hydrogens is 368 g/mol. The number of ether oxygens (including phenoxy) is 3. The monoisotopic (exact) mass is 406 g/mol. The molecule has 7 heteroatoms. The van der Waals surface area contributed by atoms with E-state index in [4.69, 9.17) is 14.2 Å². The van der Waals surface area contributed by atoms with Crippen molar-refractivity contribution < 1.29 is 14.2 Å². The highest BCUT2D eigenvalue weighted by Crippen LogP contribution is 2.15. The fourth-order valence-electron chi connectivity index (χ4n) is 3.27. The number of nitrogens with zero attached hydrogens (tertiary/aromatic N) is 2. The van der Waals surface area contributed by atoms with Gasteiger partial charge in [-0.05, 0) is 31.9 Å². The van der Waals surface area contributed by atoms with Crippen LogP contribution in [0.2, 0.25) is 0 Å². The minimum atomic E-state index is 0.0418. The average Bonchev–Trinajstić information content (AvgIpc) is 2.74. The van der Waals surface area contributed by atoms with Gasteiger partial charge in [0.1, 0.15) is 0 Å². The zero-order valence-corrected chi connectivity index (χ0v) is 18.5. The summed E-state index contributed by atoms with van der Waals surface area (Å²) in [5, 5.41) is 6.87. The van der Waals surface area contributed by atoms with E-state index in [1.807, 2.05) is 6.92 Å². The SMILES string of the molecule is CCOCCOCc1cccc(CNC(=NC)NCC(C)(C)N2CCOCC2)c1. The molecule has 0 saturated carbocycles. The van der Waals surface area contributed by atoms with Gasteiger partial charge in [0.25, 0.3) is 0 Å². The summed E-state index contributed by atoms with van der Waals surface area (Å²) in [6.07, 6.45) is 0. The molecule has 2 N–H and O–H groups in total. The Balaban J connectivity index is 1.76. The van der Waals surface area contributed by atoms with Crippen LogP contribution in [0.25, 0.3) is 0 Å². The normalized spacial score (nSPS) is 16.1. The van der Waals surface area contributed by atoms with E-state index in [9.17, 15) is 0 Å². The number of morpholine rings is 1. The molecule has 1 aromatic carbocycles. The summed E-state index contributed by atoms with van der Waals surface area (Å²) >= 11 is 0. The molecule has 0 bridgehead atoms. The second-order valence-electron chi connectivity index (χ2n) is 7.76. The molecule has 1 fully saturated rings. The topological polar surface area (TPSA) is 67.4 Å². The first kappa shape index (κ1) is 23.6. The molecule has 1 aromatic rings. The Labute approximate surface area is 175 Å². The van der Waals surface area contributed by atoms with E-state index in [0.717, 1.165) is 51.0 Å². The highest BCUT2D eigenvalue weighted by Gasteiger charge is 2.28. The lowest BCUT2D eigenvalue weighted by atomic mass is 10.0. The molecule has 1 aliphatic rings. The molecule has 2 rings (SSSR count). The maximum atomic E-state index is 5.66. The molecule has 1 saturated heterocycles. The van der Waals surface area contributed by atoms with Gasteiger partial charge in [-0.3, -0.25) is 9.89 Å². The average molecular weight is 407 g/mol. The summed E-state index contributed by atoms with van der Waals surface area (Å²) < 4.78 is 16.4. The van der Waals surface area contributed by atoms with E-state index >= 15 is 0 Å². The van der Waals surface area contributed by atoms with Crippen molar-refractivity contribution in [2.75, 3.05) is 59.7 Å². The Morgan fingerprint density at radius 2 is 1.86 bits per heavy atom. The van der Waals surface area contributed by atoms with Crippen LogP contribution in [0.1, 0.15) is 31.9 Å². The summed E-state index contributed by atoms with van der Waals surface area (Å²) in [6, 6.07) is 8.43. The summed E-state index contributed by atoms with van der Waals surface area (Å²) in [4.78, 5) is 6.83. The van der Waals surface area contributed by atoms with Crippen molar-refractivity contribution in [3.05, 3.63) is 35.4 Å². The molecule has 0 unspecified atom stereocenters. The molecular formula is C22H38N4O3. The van der Waals surface area contributed by atoms with Crippen molar-refractivity contribution in [3.63, 3.8) is 0 Å². The summed E-state index contributed by atoms with van der Waals surface area (Å²) in [5.74, 6) is 0.810. The fraction of sp³-hybridized carbons (Fsp3) is 0.682. The third-order valence-corrected chi connectivity index (χ3v) is 5.08. The van der Waals surface area contributed by atoms with E-state index in [1.54, 1.807) is 7.05 Å². The largest absolute Gasteiger partial charge is 0.379 e. The van der Waals surface area contributed by atoms with E-state index in [1.165, 1.54) is 5.56 Å². The maximum absolute atomic E-state index is 5.66. The van der Waals surface area contributed by atoms with Crippen molar-refractivity contribution in [1.82, 2.24) is 15.5 Å². The van der Waals surface area contributed by atoms with Gasteiger partial charge in [0, 0.05) is 45.4 Å². The van der Waals surface area contributed by atoms with Crippen LogP contribution in [0.4, 0.5) is 0 Å². The lowest BCUT2D eigenvalue weighted by molar-refractivity contribution is -0.00834. The van der Waals surface area contributed by atoms with Gasteiger partial charge in [0.15, 0.2) is 5.96 Å². The molecule has 0 radical (unpaired) electrons. The van der Waals surface area contributed by atoms with E-state index in [2.05, 4.69) is 58.6 Å². The molecule has 0 atom stereocenters. The first-order chi connectivity index (χ1) is 14.0. The first-order valence-electron chi connectivity index (χ1n) is 10.6. The van der Waals surface area contributed by atoms with Crippen molar-refractivity contribution in [1.29, 1.82) is 0 Å². The first-order valence-corrected chi connectivity index (χ1v) is 10.6. The molecule has 1 heterocycles. The molecule has 0 aromatic heterocycles. The molecule has 0 amide bonds. The van der Waals surface area contributed by atoms with Crippen LogP contribution >= 0.6 is 0 Å². The summed E-state index contributed by atoms with van der Waals surface area (Å²) in [7, 11) is 1.81. The Hall–Kier alpha value is -1.67. The van der Waals surface area contributed by atoms with Crippen LogP contribution in [0.15, 0.2) is 29.3 Å². The Kier molecular flexibility index (Phi) is 10.4. The van der Waals surface area contributed by atoms with Crippen molar-refractivity contribution in [2.45, 2.75) is 39.5 Å². The van der Waals surface area contributed by atoms with Gasteiger partial charge in [0.2, 0.25) is 0 Å². The van der Waals surface area contributed by atoms with E-state index in [0.29, 0.717) is 26.4 Å². The quantitative estimate of drug-likeness (QED) is 0.333. The van der Waals surface area contributed by atoms with Gasteiger partial charge in [-0.25, -0.2) is 0 Å². The standard InChI is InChI=1S/C22H38N4O3/c1-5-27-13-14-29-17-20-8-6-7-19(15-20)16-24-21(23-4)25-18-22(2,3)26-9-11-28-12-10-26/h6-8,15H,5,9-14,16-18H2,1-4H3,(H2,23,24,25). The number of hydrogen-bond donors (Lipinski definition) is 2. The summed E-state index contributed by atoms with van der Waals surface area (Å²) in [6.45, 7) is 14.2. The lowest BCUT2D eigenvalue weighted by Crippen LogP contribution is -2.56. The number of rotatable bonds is 11. The molecule has 7 nitrogen and oxygen atoms in total. The van der Waals surface area contributed by atoms with Crippen LogP contribution in [-0.2, 0) is 27.4 Å². The maximum Gasteiger partial charge on any atom is 0.191 e. The van der Waals surface area contributed by atoms with E-state index < -0.39 is 0 Å². The fourth-order valence-corrected chi connectivity index (χ4v) is 3.27. The molecule has 0 aliphatic carbocycles. The predicted octanol–water partition coefficient (Wildman–Crippen LogP) is 2.02. The van der Waals surface area contributed by atoms with Crippen LogP contribution in [0, 0.1) is 0 Å². The smallest absolute Gasteiger partial charge is 0.191 e. The van der Waals surface area contributed by atoms with Gasteiger partial charge in [-0.1, -0.05) is 24.3 Å². The number of guanidine groups is 1. The molecule has 29 heavy (non-hydrogen) atoms. The second-order valence-corrected chi connectivity index (χ2v) is 7.76. The van der Waals surface area contributed by atoms with Gasteiger partial charge in [-0.2, -0.15) is 0 Å². The highest BCUT2D eigenvalue weighted by atomic mass is 16.5. The van der Waals surface area contributed by atoms with Gasteiger partial charge >= 0.3 is 0 Å². The number of aliphatic imine (C=N–C) groups is 1.